The van der Waals surface area contributed by atoms with Crippen molar-refractivity contribution >= 4 is 17.7 Å². The Balaban J connectivity index is 2.65. The molecule has 0 bridgehead atoms. The van der Waals surface area contributed by atoms with E-state index < -0.39 is 11.9 Å². The number of thioether (sulfide) groups is 1. The Labute approximate surface area is 107 Å². The zero-order valence-electron chi connectivity index (χ0n) is 10.3. The van der Waals surface area contributed by atoms with E-state index in [1.165, 1.54) is 0 Å². The van der Waals surface area contributed by atoms with Crippen molar-refractivity contribution in [2.45, 2.75) is 5.92 Å². The predicted molar refractivity (Wildman–Crippen MR) is 72.7 cm³/mol. The van der Waals surface area contributed by atoms with Gasteiger partial charge in [-0.2, -0.15) is 11.8 Å². The fourth-order valence-electron chi connectivity index (χ4n) is 1.66. The van der Waals surface area contributed by atoms with Gasteiger partial charge in [-0.15, -0.1) is 0 Å². The molecule has 1 unspecified atom stereocenters. The lowest BCUT2D eigenvalue weighted by atomic mass is 9.99. The van der Waals surface area contributed by atoms with Crippen LogP contribution >= 0.6 is 11.8 Å². The molecule has 1 aromatic carbocycles. The first-order valence-electron chi connectivity index (χ1n) is 5.60. The summed E-state index contributed by atoms with van der Waals surface area (Å²) >= 11 is 1.77. The van der Waals surface area contributed by atoms with Gasteiger partial charge in [0.15, 0.2) is 0 Å². The van der Waals surface area contributed by atoms with Gasteiger partial charge in [0.25, 0.3) is 0 Å². The van der Waals surface area contributed by atoms with E-state index in [2.05, 4.69) is 11.2 Å². The molecule has 1 rings (SSSR count). The van der Waals surface area contributed by atoms with Crippen molar-refractivity contribution < 1.29 is 9.90 Å². The fraction of sp³-hybridized carbons (Fsp3) is 0.462. The van der Waals surface area contributed by atoms with Gasteiger partial charge in [0.1, 0.15) is 0 Å². The number of rotatable bonds is 7. The third kappa shape index (κ3) is 4.79. The minimum absolute atomic E-state index is 0.442. The van der Waals surface area contributed by atoms with Crippen LogP contribution < -0.4 is 0 Å². The first-order valence-corrected chi connectivity index (χ1v) is 6.99. The van der Waals surface area contributed by atoms with Crippen LogP contribution in [0.1, 0.15) is 11.5 Å². The van der Waals surface area contributed by atoms with Crippen molar-refractivity contribution in [1.29, 1.82) is 0 Å². The second-order valence-corrected chi connectivity index (χ2v) is 5.04. The maximum Gasteiger partial charge on any atom is 0.312 e. The molecular weight excluding hydrogens is 234 g/mol. The topological polar surface area (TPSA) is 40.5 Å². The smallest absolute Gasteiger partial charge is 0.312 e. The highest BCUT2D eigenvalue weighted by atomic mass is 32.2. The Morgan fingerprint density at radius 2 is 2.06 bits per heavy atom. The van der Waals surface area contributed by atoms with E-state index in [-0.39, 0.29) is 0 Å². The molecule has 94 valence electrons. The second-order valence-electron chi connectivity index (χ2n) is 4.06. The molecule has 17 heavy (non-hydrogen) atoms. The first kappa shape index (κ1) is 14.1. The monoisotopic (exact) mass is 253 g/mol. The minimum atomic E-state index is -0.757. The van der Waals surface area contributed by atoms with Crippen molar-refractivity contribution in [3.63, 3.8) is 0 Å². The molecule has 3 nitrogen and oxygen atoms in total. The molecule has 1 atom stereocenters. The zero-order chi connectivity index (χ0) is 12.7. The van der Waals surface area contributed by atoms with Crippen molar-refractivity contribution in [3.05, 3.63) is 35.9 Å². The van der Waals surface area contributed by atoms with Crippen LogP contribution in [0.25, 0.3) is 0 Å². The Bertz CT molecular complexity index is 343. The Morgan fingerprint density at radius 1 is 1.41 bits per heavy atom. The van der Waals surface area contributed by atoms with Gasteiger partial charge in [-0.3, -0.25) is 4.79 Å². The number of aliphatic carboxylic acids is 1. The number of hydrogen-bond donors (Lipinski definition) is 1. The molecule has 0 aliphatic carbocycles. The van der Waals surface area contributed by atoms with Crippen molar-refractivity contribution in [2.24, 2.45) is 0 Å². The maximum absolute atomic E-state index is 11.3. The van der Waals surface area contributed by atoms with E-state index in [0.29, 0.717) is 6.54 Å². The molecule has 0 heterocycles. The summed E-state index contributed by atoms with van der Waals surface area (Å²) in [6.45, 7) is 1.47. The first-order chi connectivity index (χ1) is 8.15. The van der Waals surface area contributed by atoms with E-state index in [1.807, 2.05) is 37.4 Å². The molecule has 0 saturated carbocycles. The highest BCUT2D eigenvalue weighted by molar-refractivity contribution is 7.98. The quantitative estimate of drug-likeness (QED) is 0.808. The summed E-state index contributed by atoms with van der Waals surface area (Å²) in [6, 6.07) is 9.42. The molecular formula is C13H19NO2S. The summed E-state index contributed by atoms with van der Waals surface area (Å²) in [4.78, 5) is 13.3. The van der Waals surface area contributed by atoms with E-state index >= 15 is 0 Å². The van der Waals surface area contributed by atoms with E-state index in [4.69, 9.17) is 0 Å². The van der Waals surface area contributed by atoms with Gasteiger partial charge in [-0.1, -0.05) is 30.3 Å². The maximum atomic E-state index is 11.3. The van der Waals surface area contributed by atoms with Crippen molar-refractivity contribution in [3.8, 4) is 0 Å². The highest BCUT2D eigenvalue weighted by Crippen LogP contribution is 2.16. The molecule has 0 spiro atoms. The van der Waals surface area contributed by atoms with Crippen LogP contribution in [-0.4, -0.2) is 48.1 Å². The molecule has 0 amide bonds. The number of carbonyl (C=O) groups is 1. The Kier molecular flexibility index (Phi) is 6.08. The van der Waals surface area contributed by atoms with E-state index in [0.717, 1.165) is 17.9 Å². The summed E-state index contributed by atoms with van der Waals surface area (Å²) in [5, 5.41) is 9.27. The molecule has 0 aliphatic rings. The van der Waals surface area contributed by atoms with Crippen LogP contribution in [0.5, 0.6) is 0 Å². The third-order valence-electron chi connectivity index (χ3n) is 2.67. The molecule has 1 N–H and O–H groups in total. The molecule has 0 saturated heterocycles. The van der Waals surface area contributed by atoms with Gasteiger partial charge in [-0.25, -0.2) is 0 Å². The number of carboxylic acids is 1. The summed E-state index contributed by atoms with van der Waals surface area (Å²) in [5.41, 5.74) is 0.871. The summed E-state index contributed by atoms with van der Waals surface area (Å²) in [7, 11) is 1.97. The summed E-state index contributed by atoms with van der Waals surface area (Å²) < 4.78 is 0. The molecule has 4 heteroatoms. The summed E-state index contributed by atoms with van der Waals surface area (Å²) in [6.07, 6.45) is 2.06. The SMILES string of the molecule is CSCCN(C)CC(C(=O)O)c1ccccc1. The van der Waals surface area contributed by atoms with Crippen LogP contribution in [0.4, 0.5) is 0 Å². The van der Waals surface area contributed by atoms with Gasteiger partial charge >= 0.3 is 5.97 Å². The minimum Gasteiger partial charge on any atom is -0.481 e. The lowest BCUT2D eigenvalue weighted by Crippen LogP contribution is -2.30. The van der Waals surface area contributed by atoms with Gasteiger partial charge in [0.05, 0.1) is 5.92 Å². The largest absolute Gasteiger partial charge is 0.481 e. The number of hydrogen-bond acceptors (Lipinski definition) is 3. The molecule has 0 aliphatic heterocycles. The number of nitrogens with zero attached hydrogens (tertiary/aromatic N) is 1. The fourth-order valence-corrected chi connectivity index (χ4v) is 2.16. The average Bonchev–Trinajstić information content (AvgIpc) is 2.34. The standard InChI is InChI=1S/C13H19NO2S/c1-14(8-9-17-2)10-12(13(15)16)11-6-4-3-5-7-11/h3-7,12H,8-10H2,1-2H3,(H,15,16). The van der Waals surface area contributed by atoms with Crippen molar-refractivity contribution in [2.75, 3.05) is 32.1 Å². The molecule has 1 aromatic rings. The molecule has 0 fully saturated rings. The van der Waals surface area contributed by atoms with Crippen LogP contribution in [0.3, 0.4) is 0 Å². The number of carboxylic acid groups (broad SMARTS) is 1. The predicted octanol–water partition coefficient (Wildman–Crippen LogP) is 2.15. The number of benzene rings is 1. The Morgan fingerprint density at radius 3 is 2.59 bits per heavy atom. The zero-order valence-corrected chi connectivity index (χ0v) is 11.1. The molecule has 0 radical (unpaired) electrons. The van der Waals surface area contributed by atoms with Crippen LogP contribution in [0, 0.1) is 0 Å². The van der Waals surface area contributed by atoms with Crippen molar-refractivity contribution in [1.82, 2.24) is 4.90 Å². The lowest BCUT2D eigenvalue weighted by molar-refractivity contribution is -0.139. The third-order valence-corrected chi connectivity index (χ3v) is 3.26. The lowest BCUT2D eigenvalue weighted by Gasteiger charge is -2.21. The highest BCUT2D eigenvalue weighted by Gasteiger charge is 2.20. The van der Waals surface area contributed by atoms with Gasteiger partial charge in [0.2, 0.25) is 0 Å². The molecule has 0 aromatic heterocycles. The normalized spacial score (nSPS) is 12.6. The van der Waals surface area contributed by atoms with Gasteiger partial charge < -0.3 is 10.0 Å². The average molecular weight is 253 g/mol. The second kappa shape index (κ2) is 7.35. The van der Waals surface area contributed by atoms with E-state index in [1.54, 1.807) is 11.8 Å². The van der Waals surface area contributed by atoms with Gasteiger partial charge in [0, 0.05) is 18.8 Å². The Hall–Kier alpha value is -1.00. The van der Waals surface area contributed by atoms with Crippen LogP contribution in [-0.2, 0) is 4.79 Å². The van der Waals surface area contributed by atoms with Crippen LogP contribution in [0.15, 0.2) is 30.3 Å². The van der Waals surface area contributed by atoms with Crippen LogP contribution in [0.2, 0.25) is 0 Å². The van der Waals surface area contributed by atoms with E-state index in [9.17, 15) is 9.90 Å². The number of likely N-dealkylation sites (N-methyl/N-ethyl adjacent to an activating group) is 1. The summed E-state index contributed by atoms with van der Waals surface area (Å²) in [5.74, 6) is -0.173. The van der Waals surface area contributed by atoms with Gasteiger partial charge in [-0.05, 0) is 18.9 Å².